The van der Waals surface area contributed by atoms with Gasteiger partial charge in [0.25, 0.3) is 6.10 Å². The maximum atomic E-state index is 13.2. The van der Waals surface area contributed by atoms with E-state index in [0.717, 1.165) is 28.8 Å². The molecule has 0 spiro atoms. The van der Waals surface area contributed by atoms with Gasteiger partial charge in [0.2, 0.25) is 0 Å². The second kappa shape index (κ2) is 15.2. The molecule has 8 heteroatoms. The highest BCUT2D eigenvalue weighted by Gasteiger charge is 2.49. The van der Waals surface area contributed by atoms with E-state index in [1.165, 1.54) is 56.2 Å². The van der Waals surface area contributed by atoms with E-state index in [4.69, 9.17) is 0 Å². The maximum Gasteiger partial charge on any atom is 0.436 e. The van der Waals surface area contributed by atoms with Gasteiger partial charge in [0.1, 0.15) is 0 Å². The van der Waals surface area contributed by atoms with E-state index in [1.54, 1.807) is 25.3 Å². The third kappa shape index (κ3) is 9.21. The molecule has 0 aliphatic heterocycles. The summed E-state index contributed by atoms with van der Waals surface area (Å²) in [5, 5.41) is 0. The number of halogens is 3. The van der Waals surface area contributed by atoms with E-state index in [9.17, 15) is 22.8 Å². The highest BCUT2D eigenvalue weighted by Crippen LogP contribution is 2.27. The molecule has 1 heterocycles. The smallest absolute Gasteiger partial charge is 0.436 e. The SMILES string of the molecule is CCCCCCCCc1ccc(-c2ccc(-c3ccc(C(=O)OC(C(=O)OCCC)C(F)(F)F)cc3)cn2)cc1. The lowest BCUT2D eigenvalue weighted by atomic mass is 10.0. The zero-order valence-electron chi connectivity index (χ0n) is 23.0. The minimum Gasteiger partial charge on any atom is -0.463 e. The van der Waals surface area contributed by atoms with Gasteiger partial charge in [-0.15, -0.1) is 0 Å². The Balaban J connectivity index is 1.59. The maximum absolute atomic E-state index is 13.2. The minimum atomic E-state index is -5.08. The third-order valence-electron chi connectivity index (χ3n) is 6.47. The van der Waals surface area contributed by atoms with Crippen LogP contribution in [0.4, 0.5) is 13.2 Å². The lowest BCUT2D eigenvalue weighted by Crippen LogP contribution is -2.42. The Bertz CT molecular complexity index is 1210. The van der Waals surface area contributed by atoms with Crippen LogP contribution in [0.3, 0.4) is 0 Å². The van der Waals surface area contributed by atoms with Gasteiger partial charge >= 0.3 is 18.1 Å². The molecule has 1 aromatic heterocycles. The van der Waals surface area contributed by atoms with Crippen molar-refractivity contribution in [1.82, 2.24) is 4.98 Å². The second-order valence-electron chi connectivity index (χ2n) is 9.72. The molecule has 2 aromatic carbocycles. The zero-order valence-corrected chi connectivity index (χ0v) is 23.0. The Labute approximate surface area is 233 Å². The third-order valence-corrected chi connectivity index (χ3v) is 6.47. The van der Waals surface area contributed by atoms with Crippen molar-refractivity contribution in [1.29, 1.82) is 0 Å². The number of aryl methyl sites for hydroxylation is 1. The topological polar surface area (TPSA) is 65.5 Å². The molecule has 0 N–H and O–H groups in total. The van der Waals surface area contributed by atoms with E-state index in [0.29, 0.717) is 6.42 Å². The number of rotatable bonds is 14. The first-order valence-electron chi connectivity index (χ1n) is 13.8. The monoisotopic (exact) mass is 555 g/mol. The van der Waals surface area contributed by atoms with Crippen molar-refractivity contribution in [2.45, 2.75) is 77.5 Å². The molecule has 0 aliphatic rings. The van der Waals surface area contributed by atoms with Gasteiger partial charge in [0.15, 0.2) is 0 Å². The second-order valence-corrected chi connectivity index (χ2v) is 9.72. The summed E-state index contributed by atoms with van der Waals surface area (Å²) in [4.78, 5) is 28.6. The summed E-state index contributed by atoms with van der Waals surface area (Å²) >= 11 is 0. The number of aromatic nitrogens is 1. The summed E-state index contributed by atoms with van der Waals surface area (Å²) in [7, 11) is 0. The highest BCUT2D eigenvalue weighted by molar-refractivity contribution is 5.92. The quantitative estimate of drug-likeness (QED) is 0.148. The number of nitrogens with zero attached hydrogens (tertiary/aromatic N) is 1. The van der Waals surface area contributed by atoms with Gasteiger partial charge in [-0.25, -0.2) is 9.59 Å². The van der Waals surface area contributed by atoms with Crippen molar-refractivity contribution in [3.63, 3.8) is 0 Å². The van der Waals surface area contributed by atoms with Crippen molar-refractivity contribution in [3.8, 4) is 22.4 Å². The number of unbranched alkanes of at least 4 members (excludes halogenated alkanes) is 5. The van der Waals surface area contributed by atoms with Crippen molar-refractivity contribution in [2.75, 3.05) is 6.61 Å². The van der Waals surface area contributed by atoms with Crippen LogP contribution >= 0.6 is 0 Å². The van der Waals surface area contributed by atoms with Crippen LogP contribution in [0.15, 0.2) is 66.9 Å². The predicted molar refractivity (Wildman–Crippen MR) is 149 cm³/mol. The Morgan fingerprint density at radius 1 is 0.775 bits per heavy atom. The molecule has 0 bridgehead atoms. The van der Waals surface area contributed by atoms with E-state index in [-0.39, 0.29) is 12.2 Å². The van der Waals surface area contributed by atoms with E-state index >= 15 is 0 Å². The van der Waals surface area contributed by atoms with E-state index in [2.05, 4.69) is 45.6 Å². The van der Waals surface area contributed by atoms with Crippen LogP contribution in [-0.4, -0.2) is 35.8 Å². The number of hydrogen-bond acceptors (Lipinski definition) is 5. The molecule has 0 saturated heterocycles. The summed E-state index contributed by atoms with van der Waals surface area (Å²) in [5.74, 6) is -2.91. The molecule has 0 fully saturated rings. The summed E-state index contributed by atoms with van der Waals surface area (Å²) in [6.07, 6.45) is 2.69. The molecule has 5 nitrogen and oxygen atoms in total. The van der Waals surface area contributed by atoms with Gasteiger partial charge in [0, 0.05) is 17.3 Å². The number of benzene rings is 2. The minimum absolute atomic E-state index is 0.119. The molecule has 0 aliphatic carbocycles. The lowest BCUT2D eigenvalue weighted by Gasteiger charge is -2.19. The molecule has 1 unspecified atom stereocenters. The standard InChI is InChI=1S/C32H36F3NO4/c1-3-5-6-7-8-9-10-23-11-13-25(14-12-23)28-20-19-27(22-36-28)24-15-17-26(18-16-24)30(37)40-29(32(33,34)35)31(38)39-21-4-2/h11-20,22,29H,3-10,21H2,1-2H3. The Morgan fingerprint density at radius 2 is 1.40 bits per heavy atom. The number of alkyl halides is 3. The van der Waals surface area contributed by atoms with Crippen LogP contribution in [0.2, 0.25) is 0 Å². The van der Waals surface area contributed by atoms with Gasteiger partial charge in [-0.05, 0) is 48.6 Å². The van der Waals surface area contributed by atoms with Crippen molar-refractivity contribution >= 4 is 11.9 Å². The summed E-state index contributed by atoms with van der Waals surface area (Å²) in [6, 6.07) is 18.1. The number of ether oxygens (including phenoxy) is 2. The average molecular weight is 556 g/mol. The number of carbonyl (C=O) groups is 2. The Morgan fingerprint density at radius 3 is 2.00 bits per heavy atom. The summed E-state index contributed by atoms with van der Waals surface area (Å²) < 4.78 is 48.7. The fourth-order valence-electron chi connectivity index (χ4n) is 4.19. The van der Waals surface area contributed by atoms with E-state index < -0.39 is 24.2 Å². The van der Waals surface area contributed by atoms with Crippen molar-refractivity contribution < 1.29 is 32.2 Å². The number of hydrogen-bond donors (Lipinski definition) is 0. The fraction of sp³-hybridized carbons (Fsp3) is 0.406. The van der Waals surface area contributed by atoms with Gasteiger partial charge in [-0.1, -0.05) is 88.4 Å². The van der Waals surface area contributed by atoms with Gasteiger partial charge in [-0.3, -0.25) is 4.98 Å². The van der Waals surface area contributed by atoms with Crippen molar-refractivity contribution in [2.24, 2.45) is 0 Å². The first-order valence-corrected chi connectivity index (χ1v) is 13.8. The van der Waals surface area contributed by atoms with Crippen LogP contribution in [-0.2, 0) is 20.7 Å². The van der Waals surface area contributed by atoms with Crippen LogP contribution in [0.1, 0.15) is 74.7 Å². The average Bonchev–Trinajstić information content (AvgIpc) is 2.96. The predicted octanol–water partition coefficient (Wildman–Crippen LogP) is 8.36. The van der Waals surface area contributed by atoms with Crippen LogP contribution < -0.4 is 0 Å². The normalized spacial score (nSPS) is 12.1. The molecule has 0 radical (unpaired) electrons. The highest BCUT2D eigenvalue weighted by atomic mass is 19.4. The van der Waals surface area contributed by atoms with Crippen LogP contribution in [0.5, 0.6) is 0 Å². The molecule has 1 atom stereocenters. The molecule has 40 heavy (non-hydrogen) atoms. The van der Waals surface area contributed by atoms with Crippen LogP contribution in [0.25, 0.3) is 22.4 Å². The van der Waals surface area contributed by atoms with Crippen molar-refractivity contribution in [3.05, 3.63) is 78.0 Å². The molecular weight excluding hydrogens is 519 g/mol. The molecule has 0 saturated carbocycles. The van der Waals surface area contributed by atoms with Crippen LogP contribution in [0, 0.1) is 0 Å². The fourth-order valence-corrected chi connectivity index (χ4v) is 4.19. The molecular formula is C32H36F3NO4. The Kier molecular flexibility index (Phi) is 11.7. The summed E-state index contributed by atoms with van der Waals surface area (Å²) in [6.45, 7) is 3.66. The number of carbonyl (C=O) groups excluding carboxylic acids is 2. The first kappa shape index (κ1) is 30.9. The molecule has 214 valence electrons. The largest absolute Gasteiger partial charge is 0.463 e. The van der Waals surface area contributed by atoms with Gasteiger partial charge < -0.3 is 9.47 Å². The molecule has 3 aromatic rings. The lowest BCUT2D eigenvalue weighted by molar-refractivity contribution is -0.218. The van der Waals surface area contributed by atoms with Gasteiger partial charge in [0.05, 0.1) is 17.9 Å². The number of esters is 2. The molecule has 0 amide bonds. The van der Waals surface area contributed by atoms with Gasteiger partial charge in [-0.2, -0.15) is 13.2 Å². The zero-order chi connectivity index (χ0) is 29.0. The summed E-state index contributed by atoms with van der Waals surface area (Å²) in [5.41, 5.74) is 4.52. The van der Waals surface area contributed by atoms with E-state index in [1.807, 2.05) is 12.1 Å². The molecule has 3 rings (SSSR count). The Hall–Kier alpha value is -3.68. The first-order chi connectivity index (χ1) is 19.2. The number of pyridine rings is 1.